The molecule has 0 aromatic heterocycles. The molecule has 0 aliphatic carbocycles. The second kappa shape index (κ2) is 36.5. The molecule has 0 aliphatic heterocycles. The van der Waals surface area contributed by atoms with Crippen molar-refractivity contribution in [1.29, 1.82) is 0 Å². The molecule has 8 heteroatoms. The summed E-state index contributed by atoms with van der Waals surface area (Å²) < 4.78 is 17.2. The highest BCUT2D eigenvalue weighted by Crippen LogP contribution is 2.14. The molecule has 8 nitrogen and oxygen atoms in total. The predicted molar refractivity (Wildman–Crippen MR) is 220 cm³/mol. The lowest BCUT2D eigenvalue weighted by Gasteiger charge is -2.31. The van der Waals surface area contributed by atoms with Gasteiger partial charge in [0.15, 0.2) is 12.1 Å². The number of nitrogens with zero attached hydrogens (tertiary/aromatic N) is 1. The van der Waals surface area contributed by atoms with Crippen LogP contribution in [0.4, 0.5) is 0 Å². The van der Waals surface area contributed by atoms with E-state index in [1.54, 1.807) is 0 Å². The van der Waals surface area contributed by atoms with E-state index in [0.717, 1.165) is 64.2 Å². The van der Waals surface area contributed by atoms with Crippen LogP contribution in [0.5, 0.6) is 0 Å². The topological polar surface area (TPSA) is 99.1 Å². The van der Waals surface area contributed by atoms with E-state index in [1.165, 1.54) is 83.5 Å². The number of carboxylic acid groups (broad SMARTS) is 1. The van der Waals surface area contributed by atoms with Crippen molar-refractivity contribution in [3.05, 3.63) is 36.5 Å². The maximum atomic E-state index is 12.7. The van der Waals surface area contributed by atoms with Crippen LogP contribution in [0.2, 0.25) is 0 Å². The molecule has 2 atom stereocenters. The van der Waals surface area contributed by atoms with Crippen molar-refractivity contribution < 1.29 is 38.2 Å². The molecule has 308 valence electrons. The lowest BCUT2D eigenvalue weighted by molar-refractivity contribution is -0.887. The summed E-state index contributed by atoms with van der Waals surface area (Å²) in [4.78, 5) is 36.9. The van der Waals surface area contributed by atoms with Crippen molar-refractivity contribution in [3.8, 4) is 0 Å². The van der Waals surface area contributed by atoms with E-state index in [4.69, 9.17) is 14.2 Å². The predicted octanol–water partition coefficient (Wildman–Crippen LogP) is 11.5. The molecule has 0 saturated carbocycles. The number of unbranched alkanes of at least 4 members (excludes halogenated alkanes) is 19. The molecular weight excluding hydrogens is 666 g/mol. The van der Waals surface area contributed by atoms with Crippen molar-refractivity contribution >= 4 is 17.9 Å². The van der Waals surface area contributed by atoms with Crippen LogP contribution in [-0.4, -0.2) is 80.6 Å². The minimum Gasteiger partial charge on any atom is -0.477 e. The monoisotopic (exact) mass is 749 g/mol. The number of hydrogen-bond donors (Lipinski definition) is 1. The minimum absolute atomic E-state index is 0.0500. The lowest BCUT2D eigenvalue weighted by Crippen LogP contribution is -2.50. The normalized spacial score (nSPS) is 13.3. The number of carboxylic acids is 1. The standard InChI is InChI=1S/C45H81NO7/c1-6-8-10-12-14-16-18-19-20-21-22-23-24-26-28-30-32-34-36-44(48)53-41(39-51-38-37-42(45(49)50)46(3,4)5)40-52-43(47)35-33-31-29-27-25-17-15-13-11-9-7-2/h13,15,17,22-23,25,41-42H,6-12,14,16,18-21,24,26-40H2,1-5H3/p+1/b15-13+,23-22+,25-17+. The van der Waals surface area contributed by atoms with Crippen LogP contribution >= 0.6 is 0 Å². The summed E-state index contributed by atoms with van der Waals surface area (Å²) in [5.41, 5.74) is 0. The van der Waals surface area contributed by atoms with Gasteiger partial charge in [0.05, 0.1) is 34.4 Å². The molecule has 0 spiro atoms. The Balaban J connectivity index is 4.37. The Morgan fingerprint density at radius 2 is 1.02 bits per heavy atom. The van der Waals surface area contributed by atoms with E-state index < -0.39 is 18.1 Å². The molecule has 1 N–H and O–H groups in total. The van der Waals surface area contributed by atoms with Crippen molar-refractivity contribution in [1.82, 2.24) is 0 Å². The third-order valence-corrected chi connectivity index (χ3v) is 9.54. The van der Waals surface area contributed by atoms with Crippen LogP contribution in [0.25, 0.3) is 0 Å². The van der Waals surface area contributed by atoms with Crippen molar-refractivity contribution in [2.45, 2.75) is 193 Å². The highest BCUT2D eigenvalue weighted by atomic mass is 16.6. The van der Waals surface area contributed by atoms with Crippen molar-refractivity contribution in [2.24, 2.45) is 0 Å². The molecule has 0 aliphatic rings. The fraction of sp³-hybridized carbons (Fsp3) is 0.800. The van der Waals surface area contributed by atoms with E-state index in [-0.39, 0.29) is 36.2 Å². The zero-order valence-electron chi connectivity index (χ0n) is 35.0. The van der Waals surface area contributed by atoms with Crippen LogP contribution in [0, 0.1) is 0 Å². The average Bonchev–Trinajstić information content (AvgIpc) is 3.11. The molecule has 2 unspecified atom stereocenters. The van der Waals surface area contributed by atoms with Gasteiger partial charge < -0.3 is 23.8 Å². The SMILES string of the molecule is CCCC/C=C/C=C/CCCCCC(=O)OCC(COCCC(C(=O)O)[N+](C)(C)C)OC(=O)CCCCCCC/C=C/CCCCCCCCCCC. The first-order valence-electron chi connectivity index (χ1n) is 21.5. The van der Waals surface area contributed by atoms with Gasteiger partial charge in [-0.15, -0.1) is 0 Å². The second-order valence-electron chi connectivity index (χ2n) is 15.6. The molecule has 0 rings (SSSR count). The average molecular weight is 749 g/mol. The Morgan fingerprint density at radius 1 is 0.566 bits per heavy atom. The number of esters is 2. The van der Waals surface area contributed by atoms with E-state index in [9.17, 15) is 19.5 Å². The van der Waals surface area contributed by atoms with Gasteiger partial charge in [-0.2, -0.15) is 0 Å². The Hall–Kier alpha value is -2.45. The Bertz CT molecular complexity index is 968. The first-order valence-corrected chi connectivity index (χ1v) is 21.5. The van der Waals surface area contributed by atoms with Gasteiger partial charge in [0.25, 0.3) is 0 Å². The number of quaternary nitrogens is 1. The van der Waals surface area contributed by atoms with Crippen LogP contribution in [0.3, 0.4) is 0 Å². The van der Waals surface area contributed by atoms with Crippen LogP contribution < -0.4 is 0 Å². The summed E-state index contributed by atoms with van der Waals surface area (Å²) >= 11 is 0. The van der Waals surface area contributed by atoms with E-state index >= 15 is 0 Å². The Labute approximate surface area is 325 Å². The maximum absolute atomic E-state index is 12.7. The summed E-state index contributed by atoms with van der Waals surface area (Å²) in [5, 5.41) is 9.60. The number of allylic oxidation sites excluding steroid dienone is 6. The highest BCUT2D eigenvalue weighted by molar-refractivity contribution is 5.72. The molecule has 0 aromatic carbocycles. The van der Waals surface area contributed by atoms with Crippen molar-refractivity contribution in [2.75, 3.05) is 41.0 Å². The summed E-state index contributed by atoms with van der Waals surface area (Å²) in [7, 11) is 5.51. The maximum Gasteiger partial charge on any atom is 0.362 e. The summed E-state index contributed by atoms with van der Waals surface area (Å²) in [6.07, 6.45) is 40.5. The lowest BCUT2D eigenvalue weighted by atomic mass is 10.1. The van der Waals surface area contributed by atoms with Gasteiger partial charge in [0, 0.05) is 19.3 Å². The van der Waals surface area contributed by atoms with Crippen LogP contribution in [-0.2, 0) is 28.6 Å². The Morgan fingerprint density at radius 3 is 1.55 bits per heavy atom. The fourth-order valence-electron chi connectivity index (χ4n) is 6.12. The van der Waals surface area contributed by atoms with Gasteiger partial charge >= 0.3 is 17.9 Å². The fourth-order valence-corrected chi connectivity index (χ4v) is 6.12. The van der Waals surface area contributed by atoms with E-state index in [2.05, 4.69) is 50.3 Å². The van der Waals surface area contributed by atoms with Gasteiger partial charge in [0.1, 0.15) is 6.61 Å². The molecule has 0 heterocycles. The zero-order chi connectivity index (χ0) is 39.3. The Kier molecular flexibility index (Phi) is 34.8. The molecule has 0 radical (unpaired) electrons. The number of carbonyl (C=O) groups is 3. The van der Waals surface area contributed by atoms with Crippen LogP contribution in [0.15, 0.2) is 36.5 Å². The van der Waals surface area contributed by atoms with Gasteiger partial charge in [0.2, 0.25) is 0 Å². The van der Waals surface area contributed by atoms with E-state index in [0.29, 0.717) is 19.3 Å². The van der Waals surface area contributed by atoms with Gasteiger partial charge in [-0.05, 0) is 57.8 Å². The third-order valence-electron chi connectivity index (χ3n) is 9.54. The zero-order valence-corrected chi connectivity index (χ0v) is 35.0. The first-order chi connectivity index (χ1) is 25.6. The highest BCUT2D eigenvalue weighted by Gasteiger charge is 2.31. The molecule has 53 heavy (non-hydrogen) atoms. The largest absolute Gasteiger partial charge is 0.477 e. The number of rotatable bonds is 38. The summed E-state index contributed by atoms with van der Waals surface area (Å²) in [5.74, 6) is -1.51. The second-order valence-corrected chi connectivity index (χ2v) is 15.6. The quantitative estimate of drug-likeness (QED) is 0.0221. The molecule has 0 amide bonds. The molecule has 0 fully saturated rings. The minimum atomic E-state index is -0.880. The number of aliphatic carboxylic acids is 1. The summed E-state index contributed by atoms with van der Waals surface area (Å²) in [6.45, 7) is 4.64. The third kappa shape index (κ3) is 35.0. The molecule has 0 bridgehead atoms. The van der Waals surface area contributed by atoms with E-state index in [1.807, 2.05) is 21.1 Å². The van der Waals surface area contributed by atoms with Gasteiger partial charge in [-0.25, -0.2) is 4.79 Å². The smallest absolute Gasteiger partial charge is 0.362 e. The first kappa shape index (κ1) is 50.5. The number of carbonyl (C=O) groups excluding carboxylic acids is 2. The number of hydrogen-bond acceptors (Lipinski definition) is 6. The molecule has 0 saturated heterocycles. The summed E-state index contributed by atoms with van der Waals surface area (Å²) in [6, 6.07) is -0.618. The molecular formula is C45H82NO7+. The van der Waals surface area contributed by atoms with Crippen LogP contribution in [0.1, 0.15) is 181 Å². The number of ether oxygens (including phenoxy) is 3. The number of likely N-dealkylation sites (N-methyl/N-ethyl adjacent to an activating group) is 1. The van der Waals surface area contributed by atoms with Gasteiger partial charge in [-0.3, -0.25) is 9.59 Å². The van der Waals surface area contributed by atoms with Gasteiger partial charge in [-0.1, -0.05) is 140 Å². The molecule has 0 aromatic rings. The van der Waals surface area contributed by atoms with Crippen molar-refractivity contribution in [3.63, 3.8) is 0 Å².